The van der Waals surface area contributed by atoms with Gasteiger partial charge in [-0.2, -0.15) is 13.2 Å². The first-order chi connectivity index (χ1) is 11.5. The van der Waals surface area contributed by atoms with E-state index in [1.807, 2.05) is 5.32 Å². The van der Waals surface area contributed by atoms with Crippen LogP contribution in [0.4, 0.5) is 13.2 Å². The standard InChI is InChI=1S/C16H23F3N4O2/c1-14(2,3)13(25)22-7-4-5-15(10-22,23-8-6-20-11-23)12(24)21-9-16(17,18)19/h6,8,11H,4-5,7,9-10H2,1-3H3,(H,21,24). The van der Waals surface area contributed by atoms with Gasteiger partial charge in [-0.05, 0) is 12.8 Å². The van der Waals surface area contributed by atoms with Crippen molar-refractivity contribution in [1.82, 2.24) is 19.8 Å². The van der Waals surface area contributed by atoms with Crippen molar-refractivity contribution in [3.63, 3.8) is 0 Å². The van der Waals surface area contributed by atoms with E-state index >= 15 is 0 Å². The molecule has 0 saturated carbocycles. The van der Waals surface area contributed by atoms with E-state index in [2.05, 4.69) is 4.98 Å². The summed E-state index contributed by atoms with van der Waals surface area (Å²) in [6.07, 6.45) is 0.752. The normalized spacial score (nSPS) is 21.9. The van der Waals surface area contributed by atoms with Crippen molar-refractivity contribution >= 4 is 11.8 Å². The van der Waals surface area contributed by atoms with Crippen molar-refractivity contribution in [2.45, 2.75) is 45.3 Å². The number of likely N-dealkylation sites (tertiary alicyclic amines) is 1. The van der Waals surface area contributed by atoms with Crippen LogP contribution in [0.25, 0.3) is 0 Å². The molecule has 1 aromatic rings. The van der Waals surface area contributed by atoms with Crippen molar-refractivity contribution in [2.75, 3.05) is 19.6 Å². The van der Waals surface area contributed by atoms with E-state index in [1.165, 1.54) is 23.3 Å². The molecule has 2 amide bonds. The van der Waals surface area contributed by atoms with Gasteiger partial charge in [0.15, 0.2) is 0 Å². The highest BCUT2D eigenvalue weighted by atomic mass is 19.4. The molecule has 1 saturated heterocycles. The predicted octanol–water partition coefficient (Wildman–Crippen LogP) is 1.93. The summed E-state index contributed by atoms with van der Waals surface area (Å²) in [5.74, 6) is -0.894. The molecule has 9 heteroatoms. The van der Waals surface area contributed by atoms with Crippen LogP contribution in [0, 0.1) is 5.41 Å². The minimum Gasteiger partial charge on any atom is -0.345 e. The average molecular weight is 360 g/mol. The first-order valence-corrected chi connectivity index (χ1v) is 8.09. The smallest absolute Gasteiger partial charge is 0.345 e. The van der Waals surface area contributed by atoms with Crippen LogP contribution in [0.1, 0.15) is 33.6 Å². The Bertz CT molecular complexity index is 622. The lowest BCUT2D eigenvalue weighted by atomic mass is 9.85. The maximum absolute atomic E-state index is 12.7. The van der Waals surface area contributed by atoms with E-state index in [4.69, 9.17) is 0 Å². The number of piperidine rings is 1. The zero-order chi connectivity index (χ0) is 18.9. The number of alkyl halides is 3. The van der Waals surface area contributed by atoms with E-state index in [-0.39, 0.29) is 12.5 Å². The molecule has 1 N–H and O–H groups in total. The van der Waals surface area contributed by atoms with Crippen LogP contribution in [0.5, 0.6) is 0 Å². The van der Waals surface area contributed by atoms with Gasteiger partial charge in [-0.1, -0.05) is 20.8 Å². The van der Waals surface area contributed by atoms with Crippen molar-refractivity contribution < 1.29 is 22.8 Å². The molecule has 2 heterocycles. The lowest BCUT2D eigenvalue weighted by Crippen LogP contribution is -2.60. The summed E-state index contributed by atoms with van der Waals surface area (Å²) in [5, 5.41) is 1.97. The molecule has 140 valence electrons. The molecule has 1 aliphatic rings. The fourth-order valence-corrected chi connectivity index (χ4v) is 3.05. The Hall–Kier alpha value is -2.06. The number of aromatic nitrogens is 2. The third-order valence-corrected chi connectivity index (χ3v) is 4.27. The predicted molar refractivity (Wildman–Crippen MR) is 84.5 cm³/mol. The number of carbonyl (C=O) groups is 2. The molecule has 2 rings (SSSR count). The molecule has 0 aromatic carbocycles. The number of imidazole rings is 1. The molecule has 1 unspecified atom stereocenters. The van der Waals surface area contributed by atoms with E-state index in [1.54, 1.807) is 25.7 Å². The van der Waals surface area contributed by atoms with Gasteiger partial charge in [-0.15, -0.1) is 0 Å². The first-order valence-electron chi connectivity index (χ1n) is 8.09. The fraction of sp³-hybridized carbons (Fsp3) is 0.688. The Kier molecular flexibility index (Phi) is 5.15. The Morgan fingerprint density at radius 3 is 2.48 bits per heavy atom. The second-order valence-corrected chi connectivity index (χ2v) is 7.38. The molecule has 1 aromatic heterocycles. The minimum atomic E-state index is -4.50. The van der Waals surface area contributed by atoms with Gasteiger partial charge in [-0.3, -0.25) is 9.59 Å². The summed E-state index contributed by atoms with van der Waals surface area (Å²) < 4.78 is 39.0. The Labute approximate surface area is 144 Å². The number of hydrogen-bond donors (Lipinski definition) is 1. The maximum atomic E-state index is 12.7. The number of halogens is 3. The second kappa shape index (κ2) is 6.68. The second-order valence-electron chi connectivity index (χ2n) is 7.38. The molecule has 1 atom stereocenters. The number of nitrogens with zero attached hydrogens (tertiary/aromatic N) is 3. The highest BCUT2D eigenvalue weighted by Crippen LogP contribution is 2.32. The fourth-order valence-electron chi connectivity index (χ4n) is 3.05. The van der Waals surface area contributed by atoms with Gasteiger partial charge in [-0.25, -0.2) is 4.98 Å². The van der Waals surface area contributed by atoms with E-state index in [0.29, 0.717) is 19.4 Å². The molecule has 0 bridgehead atoms. The highest BCUT2D eigenvalue weighted by molar-refractivity contribution is 5.87. The summed E-state index contributed by atoms with van der Waals surface area (Å²) >= 11 is 0. The number of carbonyl (C=O) groups excluding carboxylic acids is 2. The highest BCUT2D eigenvalue weighted by Gasteiger charge is 2.47. The Morgan fingerprint density at radius 1 is 1.28 bits per heavy atom. The lowest BCUT2D eigenvalue weighted by molar-refractivity contribution is -0.151. The van der Waals surface area contributed by atoms with Crippen LogP contribution >= 0.6 is 0 Å². The molecule has 0 aliphatic carbocycles. The number of amides is 2. The largest absolute Gasteiger partial charge is 0.405 e. The van der Waals surface area contributed by atoms with Crippen LogP contribution in [0.2, 0.25) is 0 Å². The summed E-state index contributed by atoms with van der Waals surface area (Å²) in [6, 6.07) is 0. The van der Waals surface area contributed by atoms with Gasteiger partial charge < -0.3 is 14.8 Å². The summed E-state index contributed by atoms with van der Waals surface area (Å²) in [7, 11) is 0. The van der Waals surface area contributed by atoms with Gasteiger partial charge in [0.2, 0.25) is 11.8 Å². The summed E-state index contributed by atoms with van der Waals surface area (Å²) in [4.78, 5) is 30.8. The van der Waals surface area contributed by atoms with Crippen molar-refractivity contribution in [2.24, 2.45) is 5.41 Å². The third-order valence-electron chi connectivity index (χ3n) is 4.27. The first kappa shape index (κ1) is 19.3. The summed E-state index contributed by atoms with van der Waals surface area (Å²) in [5.41, 5.74) is -1.93. The molecular weight excluding hydrogens is 337 g/mol. The summed E-state index contributed by atoms with van der Waals surface area (Å²) in [6.45, 7) is 4.39. The van der Waals surface area contributed by atoms with Crippen LogP contribution in [0.15, 0.2) is 18.7 Å². The lowest BCUT2D eigenvalue weighted by Gasteiger charge is -2.44. The molecule has 1 fully saturated rings. The van der Waals surface area contributed by atoms with Crippen molar-refractivity contribution in [3.8, 4) is 0 Å². The van der Waals surface area contributed by atoms with Gasteiger partial charge in [0, 0.05) is 24.4 Å². The molecule has 25 heavy (non-hydrogen) atoms. The monoisotopic (exact) mass is 360 g/mol. The zero-order valence-electron chi connectivity index (χ0n) is 14.6. The van der Waals surface area contributed by atoms with Crippen LogP contribution in [-0.2, 0) is 15.1 Å². The maximum Gasteiger partial charge on any atom is 0.405 e. The van der Waals surface area contributed by atoms with E-state index in [9.17, 15) is 22.8 Å². The third kappa shape index (κ3) is 4.32. The molecule has 1 aliphatic heterocycles. The van der Waals surface area contributed by atoms with Gasteiger partial charge >= 0.3 is 6.18 Å². The van der Waals surface area contributed by atoms with Gasteiger partial charge in [0.1, 0.15) is 12.1 Å². The minimum absolute atomic E-state index is 0.0170. The molecule has 0 radical (unpaired) electrons. The molecule has 6 nitrogen and oxygen atoms in total. The number of nitrogens with one attached hydrogen (secondary N) is 1. The van der Waals surface area contributed by atoms with E-state index < -0.39 is 29.6 Å². The number of rotatable bonds is 3. The van der Waals surface area contributed by atoms with E-state index in [0.717, 1.165) is 0 Å². The van der Waals surface area contributed by atoms with Gasteiger partial charge in [0.25, 0.3) is 0 Å². The zero-order valence-corrected chi connectivity index (χ0v) is 14.6. The van der Waals surface area contributed by atoms with Crippen molar-refractivity contribution in [3.05, 3.63) is 18.7 Å². The van der Waals surface area contributed by atoms with Gasteiger partial charge in [0.05, 0.1) is 12.9 Å². The van der Waals surface area contributed by atoms with Crippen LogP contribution < -0.4 is 5.32 Å². The average Bonchev–Trinajstić information content (AvgIpc) is 3.05. The van der Waals surface area contributed by atoms with Crippen molar-refractivity contribution in [1.29, 1.82) is 0 Å². The Morgan fingerprint density at radius 2 is 1.96 bits per heavy atom. The van der Waals surface area contributed by atoms with Crippen LogP contribution in [-0.4, -0.2) is 52.1 Å². The molecule has 0 spiro atoms. The Balaban J connectivity index is 2.30. The van der Waals surface area contributed by atoms with Crippen LogP contribution in [0.3, 0.4) is 0 Å². The molecular formula is C16H23F3N4O2. The number of hydrogen-bond acceptors (Lipinski definition) is 3. The SMILES string of the molecule is CC(C)(C)C(=O)N1CCCC(C(=O)NCC(F)(F)F)(n2ccnc2)C1. The topological polar surface area (TPSA) is 67.2 Å². The quantitative estimate of drug-likeness (QED) is 0.896.